The van der Waals surface area contributed by atoms with Crippen LogP contribution < -0.4 is 0 Å². The number of oxazole rings is 1. The van der Waals surface area contributed by atoms with E-state index in [0.29, 0.717) is 12.3 Å². The minimum Gasteiger partial charge on any atom is -0.446 e. The monoisotopic (exact) mass is 238 g/mol. The lowest BCUT2D eigenvalue weighted by molar-refractivity contribution is 0.186. The van der Waals surface area contributed by atoms with Gasteiger partial charge in [-0.15, -0.1) is 0 Å². The first kappa shape index (κ1) is 12.6. The number of hydrogen-bond donors (Lipinski definition) is 1. The number of likely N-dealkylation sites (tertiary alicyclic amines) is 1. The molecule has 1 fully saturated rings. The van der Waals surface area contributed by atoms with Crippen LogP contribution in [0, 0.1) is 5.92 Å². The maximum atomic E-state index is 8.81. The summed E-state index contributed by atoms with van der Waals surface area (Å²) >= 11 is 0. The van der Waals surface area contributed by atoms with Crippen molar-refractivity contribution in [2.24, 2.45) is 5.92 Å². The third kappa shape index (κ3) is 3.54. The number of hydrogen-bond acceptors (Lipinski definition) is 4. The van der Waals surface area contributed by atoms with Crippen molar-refractivity contribution in [2.45, 2.75) is 32.6 Å². The Morgan fingerprint density at radius 2 is 2.24 bits per heavy atom. The van der Waals surface area contributed by atoms with Crippen LogP contribution in [0.15, 0.2) is 10.6 Å². The van der Waals surface area contributed by atoms with Gasteiger partial charge in [-0.1, -0.05) is 6.92 Å². The van der Waals surface area contributed by atoms with Gasteiger partial charge in [0.15, 0.2) is 5.89 Å². The Balaban J connectivity index is 1.80. The molecule has 1 N–H and O–H groups in total. The van der Waals surface area contributed by atoms with Gasteiger partial charge in [-0.2, -0.15) is 0 Å². The number of aliphatic hydroxyl groups excluding tert-OH is 1. The molecule has 1 aliphatic heterocycles. The average Bonchev–Trinajstić information content (AvgIpc) is 2.78. The summed E-state index contributed by atoms with van der Waals surface area (Å²) in [4.78, 5) is 6.77. The Morgan fingerprint density at radius 1 is 1.47 bits per heavy atom. The van der Waals surface area contributed by atoms with Crippen LogP contribution in [0.1, 0.15) is 31.4 Å². The second-order valence-electron chi connectivity index (χ2n) is 4.78. The molecule has 0 amide bonds. The summed E-state index contributed by atoms with van der Waals surface area (Å²) in [6.45, 7) is 5.90. The van der Waals surface area contributed by atoms with E-state index in [2.05, 4.69) is 16.8 Å². The number of nitrogens with zero attached hydrogens (tertiary/aromatic N) is 2. The highest BCUT2D eigenvalue weighted by atomic mass is 16.4. The van der Waals surface area contributed by atoms with E-state index in [0.717, 1.165) is 24.6 Å². The normalized spacial score (nSPS) is 18.7. The van der Waals surface area contributed by atoms with Gasteiger partial charge in [0, 0.05) is 12.8 Å². The lowest BCUT2D eigenvalue weighted by Gasteiger charge is -2.30. The average molecular weight is 238 g/mol. The van der Waals surface area contributed by atoms with E-state index in [1.54, 1.807) is 6.20 Å². The van der Waals surface area contributed by atoms with Gasteiger partial charge < -0.3 is 14.4 Å². The summed E-state index contributed by atoms with van der Waals surface area (Å²) in [5, 5.41) is 8.81. The maximum absolute atomic E-state index is 8.81. The molecule has 0 unspecified atom stereocenters. The van der Waals surface area contributed by atoms with Crippen LogP contribution in [-0.4, -0.2) is 41.2 Å². The quantitative estimate of drug-likeness (QED) is 0.844. The van der Waals surface area contributed by atoms with Gasteiger partial charge in [0.2, 0.25) is 0 Å². The SMILES string of the molecule is CCN1CCC(Cc2ncc(CCO)o2)CC1. The van der Waals surface area contributed by atoms with Crippen molar-refractivity contribution < 1.29 is 9.52 Å². The Bertz CT molecular complexity index is 330. The molecule has 4 nitrogen and oxygen atoms in total. The first-order chi connectivity index (χ1) is 8.31. The molecule has 0 radical (unpaired) electrons. The van der Waals surface area contributed by atoms with Gasteiger partial charge in [0.05, 0.1) is 12.8 Å². The van der Waals surface area contributed by atoms with Crippen LogP contribution >= 0.6 is 0 Å². The Labute approximate surface area is 103 Å². The molecule has 1 aromatic rings. The van der Waals surface area contributed by atoms with Gasteiger partial charge in [0.25, 0.3) is 0 Å². The fourth-order valence-corrected chi connectivity index (χ4v) is 2.42. The van der Waals surface area contributed by atoms with Crippen LogP contribution in [0.2, 0.25) is 0 Å². The molecule has 0 atom stereocenters. The highest BCUT2D eigenvalue weighted by Crippen LogP contribution is 2.21. The lowest BCUT2D eigenvalue weighted by Crippen LogP contribution is -2.34. The molecule has 0 spiro atoms. The summed E-state index contributed by atoms with van der Waals surface area (Å²) in [7, 11) is 0. The van der Waals surface area contributed by atoms with Crippen LogP contribution in [-0.2, 0) is 12.8 Å². The third-order valence-electron chi connectivity index (χ3n) is 3.58. The van der Waals surface area contributed by atoms with E-state index in [9.17, 15) is 0 Å². The maximum Gasteiger partial charge on any atom is 0.194 e. The van der Waals surface area contributed by atoms with Crippen molar-refractivity contribution in [1.29, 1.82) is 0 Å². The van der Waals surface area contributed by atoms with Crippen LogP contribution in [0.25, 0.3) is 0 Å². The van der Waals surface area contributed by atoms with Gasteiger partial charge in [-0.05, 0) is 38.4 Å². The number of aliphatic hydroxyl groups is 1. The van der Waals surface area contributed by atoms with E-state index in [4.69, 9.17) is 9.52 Å². The number of rotatable bonds is 5. The number of aromatic nitrogens is 1. The first-order valence-corrected chi connectivity index (χ1v) is 6.58. The molecule has 2 heterocycles. The zero-order chi connectivity index (χ0) is 12.1. The smallest absolute Gasteiger partial charge is 0.194 e. The van der Waals surface area contributed by atoms with E-state index in [-0.39, 0.29) is 6.61 Å². The van der Waals surface area contributed by atoms with E-state index >= 15 is 0 Å². The van der Waals surface area contributed by atoms with Crippen molar-refractivity contribution in [1.82, 2.24) is 9.88 Å². The van der Waals surface area contributed by atoms with Crippen molar-refractivity contribution in [3.63, 3.8) is 0 Å². The molecular weight excluding hydrogens is 216 g/mol. The fraction of sp³-hybridized carbons (Fsp3) is 0.769. The minimum atomic E-state index is 0.128. The third-order valence-corrected chi connectivity index (χ3v) is 3.58. The fourth-order valence-electron chi connectivity index (χ4n) is 2.42. The summed E-state index contributed by atoms with van der Waals surface area (Å²) < 4.78 is 5.60. The molecule has 2 rings (SSSR count). The van der Waals surface area contributed by atoms with Gasteiger partial charge >= 0.3 is 0 Å². The highest BCUT2D eigenvalue weighted by molar-refractivity contribution is 4.95. The molecule has 17 heavy (non-hydrogen) atoms. The predicted molar refractivity (Wildman–Crippen MR) is 65.8 cm³/mol. The molecule has 0 aliphatic carbocycles. The number of piperidine rings is 1. The Morgan fingerprint density at radius 3 is 2.88 bits per heavy atom. The van der Waals surface area contributed by atoms with Crippen molar-refractivity contribution in [2.75, 3.05) is 26.2 Å². The molecule has 1 aromatic heterocycles. The summed E-state index contributed by atoms with van der Waals surface area (Å²) in [6, 6.07) is 0. The van der Waals surface area contributed by atoms with E-state index in [1.165, 1.54) is 25.9 Å². The van der Waals surface area contributed by atoms with Crippen LogP contribution in [0.4, 0.5) is 0 Å². The van der Waals surface area contributed by atoms with Crippen molar-refractivity contribution in [3.8, 4) is 0 Å². The molecule has 1 aliphatic rings. The predicted octanol–water partition coefficient (Wildman–Crippen LogP) is 1.48. The molecule has 1 saturated heterocycles. The topological polar surface area (TPSA) is 49.5 Å². The Kier molecular flexibility index (Phi) is 4.57. The van der Waals surface area contributed by atoms with Gasteiger partial charge in [-0.3, -0.25) is 0 Å². The summed E-state index contributed by atoms with van der Waals surface area (Å²) in [5.41, 5.74) is 0. The van der Waals surface area contributed by atoms with E-state index < -0.39 is 0 Å². The second-order valence-corrected chi connectivity index (χ2v) is 4.78. The second kappa shape index (κ2) is 6.17. The minimum absolute atomic E-state index is 0.128. The lowest BCUT2D eigenvalue weighted by atomic mass is 9.93. The van der Waals surface area contributed by atoms with E-state index in [1.807, 2.05) is 0 Å². The molecule has 0 saturated carbocycles. The summed E-state index contributed by atoms with van der Waals surface area (Å²) in [6.07, 6.45) is 5.74. The molecule has 96 valence electrons. The van der Waals surface area contributed by atoms with Gasteiger partial charge in [-0.25, -0.2) is 4.98 Å². The summed E-state index contributed by atoms with van der Waals surface area (Å²) in [5.74, 6) is 2.34. The zero-order valence-corrected chi connectivity index (χ0v) is 10.6. The highest BCUT2D eigenvalue weighted by Gasteiger charge is 2.20. The standard InChI is InChI=1S/C13H22N2O2/c1-2-15-6-3-11(4-7-15)9-13-14-10-12(17-13)5-8-16/h10-11,16H,2-9H2,1H3. The zero-order valence-electron chi connectivity index (χ0n) is 10.6. The first-order valence-electron chi connectivity index (χ1n) is 6.58. The molecule has 0 aromatic carbocycles. The van der Waals surface area contributed by atoms with Gasteiger partial charge in [0.1, 0.15) is 5.76 Å². The Hall–Kier alpha value is -0.870. The van der Waals surface area contributed by atoms with Crippen molar-refractivity contribution in [3.05, 3.63) is 17.8 Å². The van der Waals surface area contributed by atoms with Crippen LogP contribution in [0.5, 0.6) is 0 Å². The largest absolute Gasteiger partial charge is 0.446 e. The van der Waals surface area contributed by atoms with Crippen LogP contribution in [0.3, 0.4) is 0 Å². The molecule has 0 bridgehead atoms. The van der Waals surface area contributed by atoms with Crippen molar-refractivity contribution >= 4 is 0 Å². The molecular formula is C13H22N2O2. The molecule has 4 heteroatoms.